The lowest BCUT2D eigenvalue weighted by molar-refractivity contribution is -0.142. The highest BCUT2D eigenvalue weighted by atomic mass is 19.1. The van der Waals surface area contributed by atoms with Gasteiger partial charge in [0, 0.05) is 5.69 Å². The van der Waals surface area contributed by atoms with Gasteiger partial charge in [0.2, 0.25) is 0 Å². The molecule has 2 N–H and O–H groups in total. The van der Waals surface area contributed by atoms with Crippen LogP contribution in [0.2, 0.25) is 0 Å². The van der Waals surface area contributed by atoms with E-state index in [2.05, 4.69) is 5.32 Å². The molecule has 108 valence electrons. The van der Waals surface area contributed by atoms with Crippen molar-refractivity contribution in [3.05, 3.63) is 65.0 Å². The number of anilines is 1. The Morgan fingerprint density at radius 1 is 1.29 bits per heavy atom. The first-order valence-corrected chi connectivity index (χ1v) is 6.89. The second kappa shape index (κ2) is 4.88. The van der Waals surface area contributed by atoms with Crippen molar-refractivity contribution in [3.8, 4) is 0 Å². The Morgan fingerprint density at radius 2 is 2.05 bits per heavy atom. The molecule has 0 heterocycles. The molecule has 0 amide bonds. The summed E-state index contributed by atoms with van der Waals surface area (Å²) in [6.45, 7) is 1.93. The monoisotopic (exact) mass is 285 g/mol. The summed E-state index contributed by atoms with van der Waals surface area (Å²) >= 11 is 0. The third-order valence-corrected chi connectivity index (χ3v) is 4.15. The van der Waals surface area contributed by atoms with Gasteiger partial charge in [0.05, 0.1) is 0 Å². The summed E-state index contributed by atoms with van der Waals surface area (Å²) in [5, 5.41) is 13.0. The number of carbonyl (C=O) groups is 1. The van der Waals surface area contributed by atoms with E-state index < -0.39 is 11.5 Å². The van der Waals surface area contributed by atoms with E-state index in [1.807, 2.05) is 31.2 Å². The highest BCUT2D eigenvalue weighted by Crippen LogP contribution is 2.40. The van der Waals surface area contributed by atoms with Crippen LogP contribution in [0.3, 0.4) is 0 Å². The lowest BCUT2D eigenvalue weighted by Crippen LogP contribution is -2.41. The van der Waals surface area contributed by atoms with Crippen molar-refractivity contribution in [2.24, 2.45) is 0 Å². The van der Waals surface area contributed by atoms with E-state index >= 15 is 0 Å². The highest BCUT2D eigenvalue weighted by molar-refractivity contribution is 5.86. The van der Waals surface area contributed by atoms with Crippen LogP contribution >= 0.6 is 0 Å². The van der Waals surface area contributed by atoms with Crippen LogP contribution in [0.5, 0.6) is 0 Å². The van der Waals surface area contributed by atoms with Crippen LogP contribution in [-0.2, 0) is 16.8 Å². The Kier molecular flexibility index (Phi) is 3.16. The number of para-hydroxylation sites is 1. The van der Waals surface area contributed by atoms with Gasteiger partial charge >= 0.3 is 5.97 Å². The lowest BCUT2D eigenvalue weighted by atomic mass is 9.91. The minimum atomic E-state index is -1.19. The molecular weight excluding hydrogens is 269 g/mol. The van der Waals surface area contributed by atoms with Crippen molar-refractivity contribution >= 4 is 11.7 Å². The molecule has 0 fully saturated rings. The average molecular weight is 285 g/mol. The molecule has 0 saturated carbocycles. The average Bonchev–Trinajstić information content (AvgIpc) is 2.81. The first kappa shape index (κ1) is 13.6. The van der Waals surface area contributed by atoms with Gasteiger partial charge in [0.25, 0.3) is 0 Å². The molecule has 1 aliphatic carbocycles. The van der Waals surface area contributed by atoms with E-state index in [1.165, 1.54) is 12.1 Å². The van der Waals surface area contributed by atoms with E-state index in [9.17, 15) is 14.3 Å². The number of carboxylic acids is 1. The summed E-state index contributed by atoms with van der Waals surface area (Å²) in [6.07, 6.45) is 0.966. The SMILES string of the molecule is Cc1ccccc1NC1(C(=O)O)CCc2cc(F)ccc21. The predicted octanol–water partition coefficient (Wildman–Crippen LogP) is 3.47. The van der Waals surface area contributed by atoms with Crippen LogP contribution in [0.25, 0.3) is 0 Å². The Bertz CT molecular complexity index is 714. The fraction of sp³-hybridized carbons (Fsp3) is 0.235. The third kappa shape index (κ3) is 2.17. The molecule has 1 aliphatic rings. The number of halogens is 1. The number of aliphatic carboxylic acids is 1. The minimum Gasteiger partial charge on any atom is -0.479 e. The van der Waals surface area contributed by atoms with Crippen molar-refractivity contribution in [1.29, 1.82) is 0 Å². The zero-order valence-corrected chi connectivity index (χ0v) is 11.7. The maximum absolute atomic E-state index is 13.3. The van der Waals surface area contributed by atoms with Crippen molar-refractivity contribution in [2.75, 3.05) is 5.32 Å². The first-order valence-electron chi connectivity index (χ1n) is 6.89. The Balaban J connectivity index is 2.08. The maximum atomic E-state index is 13.3. The second-order valence-corrected chi connectivity index (χ2v) is 5.45. The molecule has 0 saturated heterocycles. The van der Waals surface area contributed by atoms with Gasteiger partial charge in [-0.15, -0.1) is 0 Å². The van der Waals surface area contributed by atoms with Gasteiger partial charge in [-0.05, 0) is 54.7 Å². The van der Waals surface area contributed by atoms with Gasteiger partial charge in [-0.3, -0.25) is 0 Å². The number of nitrogens with one attached hydrogen (secondary N) is 1. The topological polar surface area (TPSA) is 49.3 Å². The fourth-order valence-electron chi connectivity index (χ4n) is 2.99. The zero-order chi connectivity index (χ0) is 15.0. The number of benzene rings is 2. The summed E-state index contributed by atoms with van der Waals surface area (Å²) in [5.41, 5.74) is 2.00. The molecule has 2 aromatic carbocycles. The number of carboxylic acid groups (broad SMARTS) is 1. The molecule has 4 heteroatoms. The van der Waals surface area contributed by atoms with Gasteiger partial charge in [0.15, 0.2) is 5.54 Å². The molecule has 0 spiro atoms. The smallest absolute Gasteiger partial charge is 0.334 e. The van der Waals surface area contributed by atoms with Crippen LogP contribution < -0.4 is 5.32 Å². The van der Waals surface area contributed by atoms with Crippen molar-refractivity contribution in [3.63, 3.8) is 0 Å². The van der Waals surface area contributed by atoms with E-state index in [-0.39, 0.29) is 5.82 Å². The van der Waals surface area contributed by atoms with Gasteiger partial charge < -0.3 is 10.4 Å². The van der Waals surface area contributed by atoms with Crippen molar-refractivity contribution in [2.45, 2.75) is 25.3 Å². The fourth-order valence-corrected chi connectivity index (χ4v) is 2.99. The van der Waals surface area contributed by atoms with Crippen molar-refractivity contribution < 1.29 is 14.3 Å². The molecule has 1 unspecified atom stereocenters. The summed E-state index contributed by atoms with van der Waals surface area (Å²) in [7, 11) is 0. The second-order valence-electron chi connectivity index (χ2n) is 5.45. The Hall–Kier alpha value is -2.36. The van der Waals surface area contributed by atoms with Crippen LogP contribution in [-0.4, -0.2) is 11.1 Å². The molecule has 21 heavy (non-hydrogen) atoms. The van der Waals surface area contributed by atoms with Crippen molar-refractivity contribution in [1.82, 2.24) is 0 Å². The van der Waals surface area contributed by atoms with Crippen LogP contribution in [0.15, 0.2) is 42.5 Å². The highest BCUT2D eigenvalue weighted by Gasteiger charge is 2.46. The molecule has 3 rings (SSSR count). The molecule has 0 bridgehead atoms. The van der Waals surface area contributed by atoms with Crippen LogP contribution in [0.1, 0.15) is 23.1 Å². The van der Waals surface area contributed by atoms with Gasteiger partial charge in [-0.2, -0.15) is 0 Å². The van der Waals surface area contributed by atoms with Gasteiger partial charge in [-0.1, -0.05) is 24.3 Å². The molecule has 0 aliphatic heterocycles. The Morgan fingerprint density at radius 3 is 2.76 bits per heavy atom. The maximum Gasteiger partial charge on any atom is 0.334 e. The predicted molar refractivity (Wildman–Crippen MR) is 78.8 cm³/mol. The minimum absolute atomic E-state index is 0.328. The number of rotatable bonds is 3. The molecular formula is C17H16FNO2. The summed E-state index contributed by atoms with van der Waals surface area (Å²) in [6, 6.07) is 11.9. The summed E-state index contributed by atoms with van der Waals surface area (Å²) in [5.74, 6) is -1.26. The summed E-state index contributed by atoms with van der Waals surface area (Å²) < 4.78 is 13.3. The molecule has 2 aromatic rings. The number of hydrogen-bond acceptors (Lipinski definition) is 2. The van der Waals surface area contributed by atoms with Gasteiger partial charge in [0.1, 0.15) is 5.82 Å². The van der Waals surface area contributed by atoms with Crippen LogP contribution in [0, 0.1) is 12.7 Å². The first-order chi connectivity index (χ1) is 10.0. The summed E-state index contributed by atoms with van der Waals surface area (Å²) in [4.78, 5) is 11.9. The quantitative estimate of drug-likeness (QED) is 0.907. The zero-order valence-electron chi connectivity index (χ0n) is 11.7. The third-order valence-electron chi connectivity index (χ3n) is 4.15. The normalized spacial score (nSPS) is 20.1. The van der Waals surface area contributed by atoms with E-state index in [4.69, 9.17) is 0 Å². The molecule has 3 nitrogen and oxygen atoms in total. The number of aryl methyl sites for hydroxylation is 2. The van der Waals surface area contributed by atoms with E-state index in [1.54, 1.807) is 6.07 Å². The van der Waals surface area contributed by atoms with Crippen LogP contribution in [0.4, 0.5) is 10.1 Å². The lowest BCUT2D eigenvalue weighted by Gasteiger charge is -2.29. The molecule has 0 aromatic heterocycles. The number of hydrogen-bond donors (Lipinski definition) is 2. The van der Waals surface area contributed by atoms with E-state index in [0.29, 0.717) is 18.4 Å². The molecule has 1 atom stereocenters. The number of fused-ring (bicyclic) bond motifs is 1. The largest absolute Gasteiger partial charge is 0.479 e. The standard InChI is InChI=1S/C17H16FNO2/c1-11-4-2-3-5-15(11)19-17(16(20)21)9-8-12-10-13(18)6-7-14(12)17/h2-7,10,19H,8-9H2,1H3,(H,20,21). The van der Waals surface area contributed by atoms with Gasteiger partial charge in [-0.25, -0.2) is 9.18 Å². The molecule has 0 radical (unpaired) electrons. The Labute approximate surface area is 122 Å². The van der Waals surface area contributed by atoms with E-state index in [0.717, 1.165) is 16.8 Å².